The van der Waals surface area contributed by atoms with Crippen molar-refractivity contribution < 1.29 is 0 Å². The minimum absolute atomic E-state index is 0.378. The second-order valence-corrected chi connectivity index (χ2v) is 4.06. The maximum absolute atomic E-state index is 5.77. The molecule has 0 bridgehead atoms. The van der Waals surface area contributed by atoms with Crippen molar-refractivity contribution in [2.75, 3.05) is 0 Å². The second kappa shape index (κ2) is 5.55. The Bertz CT molecular complexity index is 588. The predicted octanol–water partition coefficient (Wildman–Crippen LogP) is 2.75. The van der Waals surface area contributed by atoms with Crippen LogP contribution in [0, 0.1) is 0 Å². The Morgan fingerprint density at radius 2 is 2.33 bits per heavy atom. The number of nitrogens with zero attached hydrogens (tertiary/aromatic N) is 5. The van der Waals surface area contributed by atoms with E-state index in [0.717, 1.165) is 5.56 Å². The van der Waals surface area contributed by atoms with Crippen LogP contribution >= 0.6 is 11.6 Å². The minimum atomic E-state index is 0.378. The zero-order valence-electron chi connectivity index (χ0n) is 9.91. The van der Waals surface area contributed by atoms with Gasteiger partial charge in [-0.25, -0.2) is 9.98 Å². The van der Waals surface area contributed by atoms with Crippen molar-refractivity contribution >= 4 is 36.0 Å². The van der Waals surface area contributed by atoms with Crippen LogP contribution in [0.4, 0.5) is 11.5 Å². The number of halogens is 1. The SMILES string of the molecule is C=Nc1nc(Cl)ccc1N=CCc1cnn(C)c1. The quantitative estimate of drug-likeness (QED) is 0.628. The fraction of sp³-hybridized carbons (Fsp3) is 0.167. The van der Waals surface area contributed by atoms with Gasteiger partial charge >= 0.3 is 0 Å². The largest absolute Gasteiger partial charge is 0.276 e. The van der Waals surface area contributed by atoms with Crippen molar-refractivity contribution in [1.82, 2.24) is 14.8 Å². The van der Waals surface area contributed by atoms with Crippen molar-refractivity contribution in [3.05, 3.63) is 35.2 Å². The van der Waals surface area contributed by atoms with Crippen LogP contribution < -0.4 is 0 Å². The third-order valence-electron chi connectivity index (χ3n) is 2.29. The highest BCUT2D eigenvalue weighted by Crippen LogP contribution is 2.26. The van der Waals surface area contributed by atoms with Gasteiger partial charge < -0.3 is 0 Å². The molecule has 2 rings (SSSR count). The number of aryl methyl sites for hydroxylation is 1. The molecule has 0 spiro atoms. The van der Waals surface area contributed by atoms with Crippen LogP contribution in [0.5, 0.6) is 0 Å². The molecule has 2 aromatic rings. The second-order valence-electron chi connectivity index (χ2n) is 3.67. The molecule has 0 aliphatic rings. The summed E-state index contributed by atoms with van der Waals surface area (Å²) in [6, 6.07) is 3.44. The molecule has 2 aromatic heterocycles. The van der Waals surface area contributed by atoms with Crippen LogP contribution in [0.15, 0.2) is 34.5 Å². The van der Waals surface area contributed by atoms with E-state index in [1.165, 1.54) is 0 Å². The van der Waals surface area contributed by atoms with E-state index in [-0.39, 0.29) is 0 Å². The van der Waals surface area contributed by atoms with Gasteiger partial charge in [0, 0.05) is 25.9 Å². The molecule has 0 saturated heterocycles. The van der Waals surface area contributed by atoms with E-state index in [9.17, 15) is 0 Å². The van der Waals surface area contributed by atoms with Crippen LogP contribution in [0.25, 0.3) is 0 Å². The van der Waals surface area contributed by atoms with E-state index in [4.69, 9.17) is 11.6 Å². The third-order valence-corrected chi connectivity index (χ3v) is 2.50. The van der Waals surface area contributed by atoms with Crippen LogP contribution in [0.3, 0.4) is 0 Å². The third kappa shape index (κ3) is 3.01. The van der Waals surface area contributed by atoms with Gasteiger partial charge in [-0.3, -0.25) is 9.67 Å². The smallest absolute Gasteiger partial charge is 0.178 e. The van der Waals surface area contributed by atoms with E-state index in [1.807, 2.05) is 13.2 Å². The minimum Gasteiger partial charge on any atom is -0.276 e. The molecule has 0 atom stereocenters. The van der Waals surface area contributed by atoms with Gasteiger partial charge in [-0.05, 0) is 24.4 Å². The van der Waals surface area contributed by atoms with Crippen molar-refractivity contribution in [2.24, 2.45) is 17.0 Å². The maximum Gasteiger partial charge on any atom is 0.178 e. The predicted molar refractivity (Wildman–Crippen MR) is 73.5 cm³/mol. The Hall–Kier alpha value is -2.01. The molecule has 0 amide bonds. The summed E-state index contributed by atoms with van der Waals surface area (Å²) in [6.45, 7) is 3.44. The van der Waals surface area contributed by atoms with Gasteiger partial charge in [-0.1, -0.05) is 11.6 Å². The summed E-state index contributed by atoms with van der Waals surface area (Å²) in [5.41, 5.74) is 1.74. The van der Waals surface area contributed by atoms with E-state index in [0.29, 0.717) is 23.1 Å². The Labute approximate surface area is 110 Å². The average Bonchev–Trinajstić information content (AvgIpc) is 2.77. The summed E-state index contributed by atoms with van der Waals surface area (Å²) in [7, 11) is 1.88. The van der Waals surface area contributed by atoms with Crippen molar-refractivity contribution in [1.29, 1.82) is 0 Å². The van der Waals surface area contributed by atoms with Gasteiger partial charge in [-0.2, -0.15) is 5.10 Å². The molecule has 6 heteroatoms. The van der Waals surface area contributed by atoms with E-state index in [2.05, 4.69) is 26.8 Å². The van der Waals surface area contributed by atoms with Crippen LogP contribution in [0.2, 0.25) is 5.15 Å². The Balaban J connectivity index is 2.11. The topological polar surface area (TPSA) is 55.4 Å². The lowest BCUT2D eigenvalue weighted by molar-refractivity contribution is 0.767. The summed E-state index contributed by atoms with van der Waals surface area (Å²) in [6.07, 6.45) is 6.24. The highest BCUT2D eigenvalue weighted by atomic mass is 35.5. The summed E-state index contributed by atoms with van der Waals surface area (Å²) < 4.78 is 1.75. The van der Waals surface area contributed by atoms with Crippen molar-refractivity contribution in [3.8, 4) is 0 Å². The normalized spacial score (nSPS) is 11.0. The zero-order valence-corrected chi connectivity index (χ0v) is 10.7. The van der Waals surface area contributed by atoms with E-state index >= 15 is 0 Å². The lowest BCUT2D eigenvalue weighted by Gasteiger charge is -1.98. The molecule has 0 unspecified atom stereocenters. The van der Waals surface area contributed by atoms with Gasteiger partial charge in [0.1, 0.15) is 10.8 Å². The summed E-state index contributed by atoms with van der Waals surface area (Å²) >= 11 is 5.77. The lowest BCUT2D eigenvalue weighted by Crippen LogP contribution is -1.86. The maximum atomic E-state index is 5.77. The molecule has 92 valence electrons. The number of hydrogen-bond donors (Lipinski definition) is 0. The first-order valence-electron chi connectivity index (χ1n) is 5.32. The summed E-state index contributed by atoms with van der Waals surface area (Å²) in [4.78, 5) is 12.1. The standard InChI is InChI=1S/C12H12ClN5/c1-14-12-10(3-4-11(13)17-12)15-6-5-9-7-16-18(2)8-9/h3-4,6-8H,1,5H2,2H3. The molecular formula is C12H12ClN5. The molecule has 0 fully saturated rings. The van der Waals surface area contributed by atoms with Crippen LogP contribution in [-0.2, 0) is 13.5 Å². The van der Waals surface area contributed by atoms with Gasteiger partial charge in [0.05, 0.1) is 6.20 Å². The van der Waals surface area contributed by atoms with Crippen LogP contribution in [-0.4, -0.2) is 27.7 Å². The summed E-state index contributed by atoms with van der Waals surface area (Å²) in [5, 5.41) is 4.46. The molecule has 0 N–H and O–H groups in total. The molecular weight excluding hydrogens is 250 g/mol. The Kier molecular flexibility index (Phi) is 3.84. The summed E-state index contributed by atoms with van der Waals surface area (Å²) in [5.74, 6) is 0.435. The Morgan fingerprint density at radius 1 is 1.50 bits per heavy atom. The number of aliphatic imine (C=N–C) groups is 2. The van der Waals surface area contributed by atoms with Gasteiger partial charge in [-0.15, -0.1) is 0 Å². The molecule has 0 aliphatic carbocycles. The van der Waals surface area contributed by atoms with Gasteiger partial charge in [0.15, 0.2) is 5.82 Å². The van der Waals surface area contributed by atoms with E-state index < -0.39 is 0 Å². The fourth-order valence-electron chi connectivity index (χ4n) is 1.46. The lowest BCUT2D eigenvalue weighted by atomic mass is 10.3. The number of hydrogen-bond acceptors (Lipinski definition) is 4. The molecule has 18 heavy (non-hydrogen) atoms. The van der Waals surface area contributed by atoms with Crippen molar-refractivity contribution in [2.45, 2.75) is 6.42 Å². The molecule has 2 heterocycles. The first-order chi connectivity index (χ1) is 8.69. The average molecular weight is 262 g/mol. The highest BCUT2D eigenvalue weighted by molar-refractivity contribution is 6.29. The molecule has 0 aliphatic heterocycles. The number of rotatable bonds is 4. The molecule has 0 radical (unpaired) electrons. The van der Waals surface area contributed by atoms with Gasteiger partial charge in [0.25, 0.3) is 0 Å². The highest BCUT2D eigenvalue weighted by Gasteiger charge is 2.01. The number of pyridine rings is 1. The zero-order chi connectivity index (χ0) is 13.0. The van der Waals surface area contributed by atoms with Gasteiger partial charge in [0.2, 0.25) is 0 Å². The molecule has 0 aromatic carbocycles. The monoisotopic (exact) mass is 261 g/mol. The van der Waals surface area contributed by atoms with Crippen molar-refractivity contribution in [3.63, 3.8) is 0 Å². The first-order valence-corrected chi connectivity index (χ1v) is 5.70. The van der Waals surface area contributed by atoms with Crippen LogP contribution in [0.1, 0.15) is 5.56 Å². The molecule has 5 nitrogen and oxygen atoms in total. The number of aromatic nitrogens is 3. The van der Waals surface area contributed by atoms with E-state index in [1.54, 1.807) is 29.2 Å². The first kappa shape index (κ1) is 12.4. The fourth-order valence-corrected chi connectivity index (χ4v) is 1.60. The Morgan fingerprint density at radius 3 is 3.00 bits per heavy atom. The molecule has 0 saturated carbocycles.